The molecule has 0 atom stereocenters. The SMILES string of the molecule is Cc1cc(Nc2cccc(F)c2C)c2cc(N)ccc2n1. The van der Waals surface area contributed by atoms with Crippen LogP contribution in [0.2, 0.25) is 0 Å². The highest BCUT2D eigenvalue weighted by Crippen LogP contribution is 2.29. The number of benzene rings is 2. The van der Waals surface area contributed by atoms with Crippen LogP contribution in [0.1, 0.15) is 11.3 Å². The van der Waals surface area contributed by atoms with E-state index in [1.807, 2.05) is 37.3 Å². The van der Waals surface area contributed by atoms with E-state index in [4.69, 9.17) is 5.73 Å². The van der Waals surface area contributed by atoms with Crippen molar-refractivity contribution in [2.24, 2.45) is 0 Å². The van der Waals surface area contributed by atoms with Crippen LogP contribution in [0.15, 0.2) is 42.5 Å². The summed E-state index contributed by atoms with van der Waals surface area (Å²) in [6.45, 7) is 3.68. The van der Waals surface area contributed by atoms with Gasteiger partial charge in [-0.3, -0.25) is 4.98 Å². The summed E-state index contributed by atoms with van der Waals surface area (Å²) in [5.41, 5.74) is 10.5. The van der Waals surface area contributed by atoms with Crippen LogP contribution in [0.4, 0.5) is 21.5 Å². The van der Waals surface area contributed by atoms with E-state index in [0.29, 0.717) is 11.3 Å². The Kier molecular flexibility index (Phi) is 3.22. The van der Waals surface area contributed by atoms with Crippen LogP contribution < -0.4 is 11.1 Å². The smallest absolute Gasteiger partial charge is 0.128 e. The van der Waals surface area contributed by atoms with Gasteiger partial charge in [0, 0.05) is 33.7 Å². The minimum atomic E-state index is -0.227. The number of nitrogens with one attached hydrogen (secondary N) is 1. The first kappa shape index (κ1) is 13.4. The molecule has 0 saturated carbocycles. The molecule has 0 amide bonds. The zero-order valence-corrected chi connectivity index (χ0v) is 11.9. The van der Waals surface area contributed by atoms with Gasteiger partial charge in [-0.1, -0.05) is 6.07 Å². The molecule has 3 rings (SSSR count). The lowest BCUT2D eigenvalue weighted by atomic mass is 10.1. The Morgan fingerprint density at radius 1 is 1.05 bits per heavy atom. The molecule has 0 aliphatic heterocycles. The zero-order valence-electron chi connectivity index (χ0n) is 11.9. The van der Waals surface area contributed by atoms with Gasteiger partial charge in [0.1, 0.15) is 5.82 Å². The van der Waals surface area contributed by atoms with Crippen molar-refractivity contribution in [3.05, 3.63) is 59.5 Å². The highest BCUT2D eigenvalue weighted by Gasteiger charge is 2.08. The Balaban J connectivity index is 2.15. The van der Waals surface area contributed by atoms with Gasteiger partial charge in [0.05, 0.1) is 5.52 Å². The standard InChI is InChI=1S/C17H16FN3/c1-10-8-17(13-9-12(19)6-7-16(13)20-10)21-15-5-3-4-14(18)11(15)2/h3-9H,19H2,1-2H3,(H,20,21). The van der Waals surface area contributed by atoms with E-state index in [1.165, 1.54) is 6.07 Å². The Morgan fingerprint density at radius 3 is 2.67 bits per heavy atom. The van der Waals surface area contributed by atoms with Crippen LogP contribution >= 0.6 is 0 Å². The molecular weight excluding hydrogens is 265 g/mol. The van der Waals surface area contributed by atoms with Crippen molar-refractivity contribution < 1.29 is 4.39 Å². The number of nitrogens with zero attached hydrogens (tertiary/aromatic N) is 1. The minimum Gasteiger partial charge on any atom is -0.399 e. The van der Waals surface area contributed by atoms with Crippen LogP contribution in [-0.2, 0) is 0 Å². The molecule has 106 valence electrons. The van der Waals surface area contributed by atoms with Crippen LogP contribution in [0.5, 0.6) is 0 Å². The highest BCUT2D eigenvalue weighted by molar-refractivity contribution is 5.95. The molecule has 0 unspecified atom stereocenters. The molecule has 2 aromatic carbocycles. The monoisotopic (exact) mass is 281 g/mol. The molecule has 0 radical (unpaired) electrons. The number of nitrogen functional groups attached to an aromatic ring is 1. The average molecular weight is 281 g/mol. The first-order valence-electron chi connectivity index (χ1n) is 6.73. The largest absolute Gasteiger partial charge is 0.399 e. The molecule has 4 heteroatoms. The van der Waals surface area contributed by atoms with Crippen LogP contribution in [0, 0.1) is 19.7 Å². The van der Waals surface area contributed by atoms with Crippen LogP contribution in [0.25, 0.3) is 10.9 Å². The summed E-state index contributed by atoms with van der Waals surface area (Å²) in [5, 5.41) is 4.21. The number of fused-ring (bicyclic) bond motifs is 1. The first-order chi connectivity index (χ1) is 10.0. The van der Waals surface area contributed by atoms with E-state index >= 15 is 0 Å². The number of aryl methyl sites for hydroxylation is 1. The van der Waals surface area contributed by atoms with Crippen molar-refractivity contribution in [1.82, 2.24) is 4.98 Å². The molecule has 0 fully saturated rings. The normalized spacial score (nSPS) is 10.8. The Labute approximate surface area is 122 Å². The molecular formula is C17H16FN3. The first-order valence-corrected chi connectivity index (χ1v) is 6.73. The molecule has 0 aliphatic rings. The lowest BCUT2D eigenvalue weighted by molar-refractivity contribution is 0.619. The number of nitrogens with two attached hydrogens (primary N) is 1. The van der Waals surface area contributed by atoms with E-state index in [-0.39, 0.29) is 5.82 Å². The molecule has 0 aliphatic carbocycles. The van der Waals surface area contributed by atoms with Crippen LogP contribution in [0.3, 0.4) is 0 Å². The predicted molar refractivity (Wildman–Crippen MR) is 85.3 cm³/mol. The maximum Gasteiger partial charge on any atom is 0.128 e. The molecule has 21 heavy (non-hydrogen) atoms. The van der Waals surface area contributed by atoms with Gasteiger partial charge in [-0.25, -0.2) is 4.39 Å². The number of pyridine rings is 1. The van der Waals surface area contributed by atoms with Gasteiger partial charge in [0.25, 0.3) is 0 Å². The minimum absolute atomic E-state index is 0.227. The second-order valence-electron chi connectivity index (χ2n) is 5.13. The molecule has 0 spiro atoms. The van der Waals surface area contributed by atoms with Crippen molar-refractivity contribution >= 4 is 28.0 Å². The number of hydrogen-bond donors (Lipinski definition) is 2. The van der Waals surface area contributed by atoms with Gasteiger partial charge in [-0.15, -0.1) is 0 Å². The number of hydrogen-bond acceptors (Lipinski definition) is 3. The second-order valence-corrected chi connectivity index (χ2v) is 5.13. The van der Waals surface area contributed by atoms with E-state index in [0.717, 1.165) is 28.0 Å². The van der Waals surface area contributed by atoms with Gasteiger partial charge in [-0.05, 0) is 50.2 Å². The lowest BCUT2D eigenvalue weighted by Gasteiger charge is -2.13. The van der Waals surface area contributed by atoms with E-state index in [2.05, 4.69) is 10.3 Å². The fourth-order valence-electron chi connectivity index (χ4n) is 2.37. The molecule has 3 aromatic rings. The number of aromatic nitrogens is 1. The topological polar surface area (TPSA) is 50.9 Å². The fraction of sp³-hybridized carbons (Fsp3) is 0.118. The Hall–Kier alpha value is -2.62. The second kappa shape index (κ2) is 5.05. The van der Waals surface area contributed by atoms with Crippen molar-refractivity contribution in [3.8, 4) is 0 Å². The molecule has 1 aromatic heterocycles. The van der Waals surface area contributed by atoms with Crippen molar-refractivity contribution in [3.63, 3.8) is 0 Å². The van der Waals surface area contributed by atoms with Gasteiger partial charge < -0.3 is 11.1 Å². The van der Waals surface area contributed by atoms with Gasteiger partial charge in [0.2, 0.25) is 0 Å². The fourth-order valence-corrected chi connectivity index (χ4v) is 2.37. The third kappa shape index (κ3) is 2.52. The quantitative estimate of drug-likeness (QED) is 0.688. The summed E-state index contributed by atoms with van der Waals surface area (Å²) in [6.07, 6.45) is 0. The summed E-state index contributed by atoms with van der Waals surface area (Å²) in [6, 6.07) is 12.5. The lowest BCUT2D eigenvalue weighted by Crippen LogP contribution is -1.98. The van der Waals surface area contributed by atoms with Gasteiger partial charge >= 0.3 is 0 Å². The van der Waals surface area contributed by atoms with E-state index in [9.17, 15) is 4.39 Å². The van der Waals surface area contributed by atoms with Crippen molar-refractivity contribution in [2.45, 2.75) is 13.8 Å². The maximum absolute atomic E-state index is 13.7. The summed E-state index contributed by atoms with van der Waals surface area (Å²) >= 11 is 0. The van der Waals surface area contributed by atoms with Crippen LogP contribution in [-0.4, -0.2) is 4.98 Å². The molecule has 3 nitrogen and oxygen atoms in total. The maximum atomic E-state index is 13.7. The summed E-state index contributed by atoms with van der Waals surface area (Å²) < 4.78 is 13.7. The number of rotatable bonds is 2. The van der Waals surface area contributed by atoms with E-state index < -0.39 is 0 Å². The van der Waals surface area contributed by atoms with Gasteiger partial charge in [0.15, 0.2) is 0 Å². The Bertz CT molecular complexity index is 828. The summed E-state index contributed by atoms with van der Waals surface area (Å²) in [4.78, 5) is 4.49. The highest BCUT2D eigenvalue weighted by atomic mass is 19.1. The third-order valence-electron chi connectivity index (χ3n) is 3.50. The Morgan fingerprint density at radius 2 is 1.86 bits per heavy atom. The molecule has 0 bridgehead atoms. The average Bonchev–Trinajstić information content (AvgIpc) is 2.44. The summed E-state index contributed by atoms with van der Waals surface area (Å²) in [7, 11) is 0. The molecule has 3 N–H and O–H groups in total. The molecule has 1 heterocycles. The molecule has 0 saturated heterocycles. The van der Waals surface area contributed by atoms with Crippen molar-refractivity contribution in [2.75, 3.05) is 11.1 Å². The number of halogens is 1. The third-order valence-corrected chi connectivity index (χ3v) is 3.50. The summed E-state index contributed by atoms with van der Waals surface area (Å²) in [5.74, 6) is -0.227. The number of anilines is 3. The predicted octanol–water partition coefficient (Wildman–Crippen LogP) is 4.32. The van der Waals surface area contributed by atoms with Gasteiger partial charge in [-0.2, -0.15) is 0 Å². The van der Waals surface area contributed by atoms with E-state index in [1.54, 1.807) is 13.0 Å². The zero-order chi connectivity index (χ0) is 15.0. The van der Waals surface area contributed by atoms with Crippen molar-refractivity contribution in [1.29, 1.82) is 0 Å².